The molecule has 2 aromatic carbocycles. The molecule has 0 amide bonds. The molecule has 1 aliphatic rings. The van der Waals surface area contributed by atoms with E-state index in [2.05, 4.69) is 0 Å². The molecule has 1 unspecified atom stereocenters. The molecule has 1 aliphatic heterocycles. The summed E-state index contributed by atoms with van der Waals surface area (Å²) >= 11 is 5.87. The largest absolute Gasteiger partial charge is 0.493 e. The molecule has 0 saturated carbocycles. The maximum Gasteiger partial charge on any atom is 0.335 e. The fraction of sp³-hybridized carbons (Fsp3) is 0.167. The van der Waals surface area contributed by atoms with Gasteiger partial charge in [-0.1, -0.05) is 41.9 Å². The van der Waals surface area contributed by atoms with Crippen LogP contribution in [0.4, 0.5) is 0 Å². The molecule has 4 heteroatoms. The van der Waals surface area contributed by atoms with Crippen LogP contribution in [-0.2, 0) is 14.3 Å². The molecule has 112 valence electrons. The van der Waals surface area contributed by atoms with E-state index in [9.17, 15) is 4.79 Å². The molecule has 0 spiro atoms. The Morgan fingerprint density at radius 1 is 1.00 bits per heavy atom. The van der Waals surface area contributed by atoms with Gasteiger partial charge in [-0.25, -0.2) is 4.79 Å². The number of hydrogen-bond donors (Lipinski definition) is 0. The highest BCUT2D eigenvalue weighted by atomic mass is 35.5. The quantitative estimate of drug-likeness (QED) is 0.771. The predicted octanol–water partition coefficient (Wildman–Crippen LogP) is 4.39. The van der Waals surface area contributed by atoms with Crippen molar-refractivity contribution in [3.63, 3.8) is 0 Å². The van der Waals surface area contributed by atoms with Crippen LogP contribution in [0.1, 0.15) is 23.7 Å². The van der Waals surface area contributed by atoms with Crippen LogP contribution >= 0.6 is 11.6 Å². The Kier molecular flexibility index (Phi) is 4.45. The van der Waals surface area contributed by atoms with E-state index in [0.29, 0.717) is 23.8 Å². The Hall–Kier alpha value is -2.26. The molecule has 3 nitrogen and oxygen atoms in total. The van der Waals surface area contributed by atoms with Crippen LogP contribution in [0.5, 0.6) is 0 Å². The van der Waals surface area contributed by atoms with E-state index in [0.717, 1.165) is 11.1 Å². The second-order valence-corrected chi connectivity index (χ2v) is 5.43. The summed E-state index contributed by atoms with van der Waals surface area (Å²) in [7, 11) is 0. The van der Waals surface area contributed by atoms with Crippen molar-refractivity contribution in [1.82, 2.24) is 0 Å². The van der Waals surface area contributed by atoms with Gasteiger partial charge in [0, 0.05) is 17.0 Å². The van der Waals surface area contributed by atoms with Crippen molar-refractivity contribution in [2.24, 2.45) is 0 Å². The lowest BCUT2D eigenvalue weighted by atomic mass is 10.1. The fourth-order valence-corrected chi connectivity index (χ4v) is 2.47. The number of hydrogen-bond acceptors (Lipinski definition) is 3. The number of carbonyl (C=O) groups excluding carboxylic acids is 1. The Morgan fingerprint density at radius 2 is 1.73 bits per heavy atom. The van der Waals surface area contributed by atoms with E-state index in [1.165, 1.54) is 6.08 Å². The number of ether oxygens (including phenoxy) is 2. The Labute approximate surface area is 134 Å². The Morgan fingerprint density at radius 3 is 2.45 bits per heavy atom. The topological polar surface area (TPSA) is 35.5 Å². The average Bonchev–Trinajstić information content (AvgIpc) is 2.52. The van der Waals surface area contributed by atoms with Crippen molar-refractivity contribution >= 4 is 23.3 Å². The molecule has 2 aromatic rings. The van der Waals surface area contributed by atoms with Gasteiger partial charge in [0.2, 0.25) is 0 Å². The zero-order valence-electron chi connectivity index (χ0n) is 11.9. The van der Waals surface area contributed by atoms with Crippen molar-refractivity contribution in [3.8, 4) is 0 Å². The molecule has 0 aliphatic carbocycles. The number of benzene rings is 2. The van der Waals surface area contributed by atoms with Crippen LogP contribution in [0.25, 0.3) is 5.76 Å². The number of halogens is 1. The zero-order valence-corrected chi connectivity index (χ0v) is 12.6. The van der Waals surface area contributed by atoms with Crippen molar-refractivity contribution in [2.45, 2.75) is 12.5 Å². The fourth-order valence-electron chi connectivity index (χ4n) is 2.34. The summed E-state index contributed by atoms with van der Waals surface area (Å²) in [5.41, 5.74) is 1.78. The second kappa shape index (κ2) is 6.67. The minimum absolute atomic E-state index is 0.281. The molecule has 0 fully saturated rings. The first-order valence-electron chi connectivity index (χ1n) is 7.08. The first-order valence-corrected chi connectivity index (χ1v) is 7.46. The van der Waals surface area contributed by atoms with E-state index in [1.54, 1.807) is 12.1 Å². The summed E-state index contributed by atoms with van der Waals surface area (Å²) in [4.78, 5) is 12.1. The molecular formula is C18H15ClO3. The summed E-state index contributed by atoms with van der Waals surface area (Å²) in [6.45, 7) is 0.474. The van der Waals surface area contributed by atoms with Crippen LogP contribution in [-0.4, -0.2) is 12.6 Å². The predicted molar refractivity (Wildman–Crippen MR) is 85.3 cm³/mol. The summed E-state index contributed by atoms with van der Waals surface area (Å²) in [5, 5.41) is 0.641. The van der Waals surface area contributed by atoms with Gasteiger partial charge >= 0.3 is 5.97 Å². The van der Waals surface area contributed by atoms with E-state index in [4.69, 9.17) is 21.1 Å². The standard InChI is InChI=1S/C18H15ClO3/c19-15-8-6-14(7-9-15)17-12-18(20)22-16(10-11-21-17)13-4-2-1-3-5-13/h1-9,12,16H,10-11H2/b17-12-. The molecule has 0 saturated heterocycles. The van der Waals surface area contributed by atoms with Crippen LogP contribution in [0.2, 0.25) is 5.02 Å². The van der Waals surface area contributed by atoms with Crippen molar-refractivity contribution in [2.75, 3.05) is 6.61 Å². The first kappa shape index (κ1) is 14.7. The van der Waals surface area contributed by atoms with Crippen LogP contribution in [0.15, 0.2) is 60.7 Å². The highest BCUT2D eigenvalue weighted by molar-refractivity contribution is 6.30. The van der Waals surface area contributed by atoms with Gasteiger partial charge < -0.3 is 9.47 Å². The van der Waals surface area contributed by atoms with Crippen molar-refractivity contribution in [3.05, 3.63) is 76.8 Å². The van der Waals surface area contributed by atoms with Gasteiger partial charge in [-0.2, -0.15) is 0 Å². The third kappa shape index (κ3) is 3.49. The van der Waals surface area contributed by atoms with Gasteiger partial charge in [0.1, 0.15) is 11.9 Å². The van der Waals surface area contributed by atoms with Gasteiger partial charge in [0.25, 0.3) is 0 Å². The van der Waals surface area contributed by atoms with Crippen molar-refractivity contribution in [1.29, 1.82) is 0 Å². The van der Waals surface area contributed by atoms with Gasteiger partial charge in [0.05, 0.1) is 12.7 Å². The molecular weight excluding hydrogens is 300 g/mol. The van der Waals surface area contributed by atoms with E-state index >= 15 is 0 Å². The molecule has 0 radical (unpaired) electrons. The molecule has 0 aromatic heterocycles. The van der Waals surface area contributed by atoms with Gasteiger partial charge in [0.15, 0.2) is 0 Å². The summed E-state index contributed by atoms with van der Waals surface area (Å²) < 4.78 is 11.3. The molecule has 1 atom stereocenters. The van der Waals surface area contributed by atoms with Crippen LogP contribution in [0, 0.1) is 0 Å². The number of carbonyl (C=O) groups is 1. The van der Waals surface area contributed by atoms with Crippen LogP contribution < -0.4 is 0 Å². The molecule has 22 heavy (non-hydrogen) atoms. The highest BCUT2D eigenvalue weighted by Crippen LogP contribution is 2.27. The zero-order chi connectivity index (χ0) is 15.4. The number of esters is 1. The lowest BCUT2D eigenvalue weighted by Gasteiger charge is -2.21. The minimum atomic E-state index is -0.404. The maximum absolute atomic E-state index is 12.1. The van der Waals surface area contributed by atoms with Gasteiger partial charge in [-0.15, -0.1) is 0 Å². The molecule has 0 bridgehead atoms. The third-order valence-corrected chi connectivity index (χ3v) is 3.70. The number of rotatable bonds is 2. The molecule has 1 heterocycles. The third-order valence-electron chi connectivity index (χ3n) is 3.45. The lowest BCUT2D eigenvalue weighted by molar-refractivity contribution is -0.144. The first-order chi connectivity index (χ1) is 10.7. The SMILES string of the molecule is O=C1/C=C(/c2ccc(Cl)cc2)OCCC(c2ccccc2)O1. The van der Waals surface area contributed by atoms with E-state index < -0.39 is 5.97 Å². The summed E-state index contributed by atoms with van der Waals surface area (Å²) in [5.74, 6) is 0.103. The highest BCUT2D eigenvalue weighted by Gasteiger charge is 2.20. The van der Waals surface area contributed by atoms with E-state index in [-0.39, 0.29) is 6.10 Å². The van der Waals surface area contributed by atoms with Crippen molar-refractivity contribution < 1.29 is 14.3 Å². The number of cyclic esters (lactones) is 1. The molecule has 0 N–H and O–H groups in total. The van der Waals surface area contributed by atoms with E-state index in [1.807, 2.05) is 42.5 Å². The lowest BCUT2D eigenvalue weighted by Crippen LogP contribution is -2.15. The minimum Gasteiger partial charge on any atom is -0.493 e. The van der Waals surface area contributed by atoms with Crippen LogP contribution in [0.3, 0.4) is 0 Å². The van der Waals surface area contributed by atoms with Gasteiger partial charge in [-0.3, -0.25) is 0 Å². The second-order valence-electron chi connectivity index (χ2n) is 4.99. The summed E-state index contributed by atoms with van der Waals surface area (Å²) in [6.07, 6.45) is 1.72. The normalized spacial score (nSPS) is 20.9. The average molecular weight is 315 g/mol. The monoisotopic (exact) mass is 314 g/mol. The Bertz CT molecular complexity index is 677. The summed E-state index contributed by atoms with van der Waals surface area (Å²) in [6, 6.07) is 16.8. The smallest absolute Gasteiger partial charge is 0.335 e. The molecule has 3 rings (SSSR count). The maximum atomic E-state index is 12.1. The Balaban J connectivity index is 1.80. The van der Waals surface area contributed by atoms with Gasteiger partial charge in [-0.05, 0) is 29.8 Å².